The lowest BCUT2D eigenvalue weighted by molar-refractivity contribution is -0.376. The van der Waals surface area contributed by atoms with E-state index in [4.69, 9.17) is 56.8 Å². The zero-order valence-corrected chi connectivity index (χ0v) is 55.3. The third-order valence-corrected chi connectivity index (χ3v) is 24.9. The number of carboxylic acids is 1. The van der Waals surface area contributed by atoms with Gasteiger partial charge in [0.15, 0.2) is 37.6 Å². The van der Waals surface area contributed by atoms with Crippen LogP contribution in [-0.4, -0.2) is 320 Å². The fraction of sp³-hybridized carbons (Fsp3) is 0.938. The van der Waals surface area contributed by atoms with Crippen LogP contribution in [0.3, 0.4) is 0 Å². The summed E-state index contributed by atoms with van der Waals surface area (Å²) in [5.41, 5.74) is -5.28. The number of aliphatic hydroxyl groups excluding tert-OH is 17. The van der Waals surface area contributed by atoms with E-state index in [1.54, 1.807) is 0 Å². The minimum absolute atomic E-state index is 0.0198. The number of aliphatic hydroxyl groups is 18. The zero-order chi connectivity index (χ0) is 70.9. The minimum atomic E-state index is -2.52. The van der Waals surface area contributed by atoms with E-state index in [1.807, 2.05) is 6.92 Å². The zero-order valence-electron chi connectivity index (χ0n) is 55.3. The first-order chi connectivity index (χ1) is 45.4. The Morgan fingerprint density at radius 1 is 0.588 bits per heavy atom. The molecule has 4 saturated carbocycles. The summed E-state index contributed by atoms with van der Waals surface area (Å²) in [5, 5.41) is 208. The number of carboxylic acid groups (broad SMARTS) is 1. The standard InChI is InChI=1S/C64H102O33/c1-24-36(70)42(76)49(94-53-47(81)43(77)48(25(2)89-53)93-51-44(78)39(73)31(21-86-51)90-35-16-34(69)64(85,97-35)23-87-52-45(79)40(74)37(71)29(19-65)91-52)55(88-24)96-57(84)62-13-12-58(3,4)17-27(62)26-8-9-32-59(5)18-28(68)50(95-54-46(80)41(75)38(72)30(20-66)92-54)61(7,56(82)83)33(59)10-11-60(32,6)63(26,22-67)15-14-62/h8,24-25,27-55,65-81,85H,9-23H2,1-7H3,(H,82,83)/t24-,25+,27+,28+,29-,30-,31-,32-,33-,34+,35-,36+,37+,38-,39+,40+,41+,42+,43+,44-,45-,46-,47-,48+,49-,50+,51+,52-,53+,54+,55+,59-,60-,61+,62+,63+,64-/m1/s1. The molecule has 19 N–H and O–H groups in total. The molecule has 6 saturated heterocycles. The molecular formula is C64H102O33. The highest BCUT2D eigenvalue weighted by Crippen LogP contribution is 2.76. The normalized spacial score (nSPS) is 54.5. The van der Waals surface area contributed by atoms with Crippen LogP contribution in [0.4, 0.5) is 0 Å². The number of aliphatic carboxylic acids is 1. The molecule has 0 amide bonds. The quantitative estimate of drug-likeness (QED) is 0.0367. The minimum Gasteiger partial charge on any atom is -0.481 e. The largest absolute Gasteiger partial charge is 0.481 e. The maximum atomic E-state index is 15.6. The molecule has 0 unspecified atom stereocenters. The summed E-state index contributed by atoms with van der Waals surface area (Å²) in [5.74, 6) is -6.12. The second-order valence-electron chi connectivity index (χ2n) is 30.9. The van der Waals surface area contributed by atoms with Gasteiger partial charge in [0, 0.05) is 11.8 Å². The number of allylic oxidation sites excluding steroid dienone is 1. The Bertz CT molecular complexity index is 2800. The van der Waals surface area contributed by atoms with Gasteiger partial charge in [-0.1, -0.05) is 39.3 Å². The highest BCUT2D eigenvalue weighted by Gasteiger charge is 2.74. The summed E-state index contributed by atoms with van der Waals surface area (Å²) >= 11 is 0. The van der Waals surface area contributed by atoms with Gasteiger partial charge in [0.25, 0.3) is 0 Å². The topological polar surface area (TPSA) is 529 Å². The molecule has 11 rings (SSSR count). The van der Waals surface area contributed by atoms with Gasteiger partial charge in [0.1, 0.15) is 116 Å². The Morgan fingerprint density at radius 3 is 1.80 bits per heavy atom. The van der Waals surface area contributed by atoms with Crippen molar-refractivity contribution in [3.63, 3.8) is 0 Å². The number of rotatable bonds is 17. The first kappa shape index (κ1) is 75.7. The van der Waals surface area contributed by atoms with E-state index in [1.165, 1.54) is 20.8 Å². The van der Waals surface area contributed by atoms with E-state index in [0.717, 1.165) is 5.57 Å². The molecule has 0 aromatic carbocycles. The molecule has 0 radical (unpaired) electrons. The lowest BCUT2D eigenvalue weighted by Gasteiger charge is -2.71. The van der Waals surface area contributed by atoms with Crippen LogP contribution in [0.25, 0.3) is 0 Å². The maximum Gasteiger partial charge on any atom is 0.315 e. The Kier molecular flexibility index (Phi) is 21.7. The first-order valence-electron chi connectivity index (χ1n) is 33.8. The summed E-state index contributed by atoms with van der Waals surface area (Å²) in [7, 11) is 0. The van der Waals surface area contributed by atoms with Gasteiger partial charge in [-0.15, -0.1) is 0 Å². The van der Waals surface area contributed by atoms with Gasteiger partial charge in [-0.2, -0.15) is 0 Å². The van der Waals surface area contributed by atoms with Crippen LogP contribution in [0.1, 0.15) is 113 Å². The number of carbonyl (C=O) groups excluding carboxylic acids is 1. The number of hydrogen-bond acceptors (Lipinski definition) is 32. The molecule has 5 aliphatic carbocycles. The number of ether oxygens (including phenoxy) is 12. The average Bonchev–Trinajstić information content (AvgIpc) is 0.878. The molecule has 6 heterocycles. The predicted molar refractivity (Wildman–Crippen MR) is 318 cm³/mol. The summed E-state index contributed by atoms with van der Waals surface area (Å²) < 4.78 is 70.1. The number of esters is 1. The van der Waals surface area contributed by atoms with Gasteiger partial charge in [-0.3, -0.25) is 9.59 Å². The van der Waals surface area contributed by atoms with E-state index in [2.05, 4.69) is 26.8 Å². The number of fused-ring (bicyclic) bond motifs is 7. The Balaban J connectivity index is 0.755. The van der Waals surface area contributed by atoms with Crippen LogP contribution in [0.15, 0.2) is 11.6 Å². The van der Waals surface area contributed by atoms with Gasteiger partial charge in [0.2, 0.25) is 12.1 Å². The van der Waals surface area contributed by atoms with Crippen LogP contribution < -0.4 is 0 Å². The molecule has 6 aliphatic heterocycles. The van der Waals surface area contributed by atoms with Crippen molar-refractivity contribution in [1.29, 1.82) is 0 Å². The molecule has 0 aromatic heterocycles. The number of hydrogen-bond donors (Lipinski definition) is 19. The van der Waals surface area contributed by atoms with Crippen molar-refractivity contribution in [2.75, 3.05) is 33.0 Å². The Hall–Kier alpha value is -2.48. The van der Waals surface area contributed by atoms with Crippen LogP contribution in [-0.2, 0) is 66.4 Å². The second kappa shape index (κ2) is 27.9. The van der Waals surface area contributed by atoms with E-state index in [9.17, 15) is 102 Å². The van der Waals surface area contributed by atoms with Gasteiger partial charge < -0.3 is 154 Å². The molecule has 0 spiro atoms. The fourth-order valence-electron chi connectivity index (χ4n) is 19.0. The molecule has 97 heavy (non-hydrogen) atoms. The van der Waals surface area contributed by atoms with Gasteiger partial charge in [0.05, 0.1) is 55.6 Å². The summed E-state index contributed by atoms with van der Waals surface area (Å²) in [6.45, 7) is 9.29. The van der Waals surface area contributed by atoms with E-state index in [-0.39, 0.29) is 43.6 Å². The molecule has 10 fully saturated rings. The third kappa shape index (κ3) is 12.7. The molecule has 11 aliphatic rings. The summed E-state index contributed by atoms with van der Waals surface area (Å²) in [4.78, 5) is 29.4. The van der Waals surface area contributed by atoms with E-state index >= 15 is 4.79 Å². The average molecular weight is 1400 g/mol. The monoisotopic (exact) mass is 1400 g/mol. The second-order valence-corrected chi connectivity index (χ2v) is 30.9. The van der Waals surface area contributed by atoms with Gasteiger partial charge in [-0.25, -0.2) is 0 Å². The summed E-state index contributed by atoms with van der Waals surface area (Å²) in [6.07, 6.45) is -42.0. The molecule has 0 aromatic rings. The van der Waals surface area contributed by atoms with Crippen LogP contribution in [0.5, 0.6) is 0 Å². The first-order valence-corrected chi connectivity index (χ1v) is 33.8. The SMILES string of the molecule is C[C@@H]1O[C@@H](O[C@H]2[C@H](OC(=O)[C@]34CCC(C)(C)C[C@H]3C3=CC[C@@H]5[C@@]6(C)C[C@H](O)[C@H](O[C@@H]7O[C@H](CO)[C@@H](O)[C@H](O)[C@H]7O)[C@@](C)(C(=O)O)[C@@H]6CC[C@@]5(C)[C@]3(CO)CC4)O[C@H](C)[C@H](O)[C@@H]2O)[C@H](O)[C@H](O)[C@H]1O[C@@H]1OC[C@@H](O[C@H]2C[C@H](O)[C@@](O)(CO[C@@H]3O[C@H](CO)[C@H](O)[C@H](O)[C@H]3O)O2)[C@H](O)[C@H]1O. The van der Waals surface area contributed by atoms with Crippen molar-refractivity contribution in [2.24, 2.45) is 50.2 Å². The fourth-order valence-corrected chi connectivity index (χ4v) is 19.0. The lowest BCUT2D eigenvalue weighted by Crippen LogP contribution is -2.71. The van der Waals surface area contributed by atoms with E-state index < -0.39 is 262 Å². The molecule has 0 bridgehead atoms. The van der Waals surface area contributed by atoms with E-state index in [0.29, 0.717) is 32.1 Å². The summed E-state index contributed by atoms with van der Waals surface area (Å²) in [6, 6.07) is 0. The molecule has 33 heteroatoms. The highest BCUT2D eigenvalue weighted by atomic mass is 16.8. The molecule has 33 nitrogen and oxygen atoms in total. The van der Waals surface area contributed by atoms with Gasteiger partial charge >= 0.3 is 11.9 Å². The molecule has 37 atom stereocenters. The van der Waals surface area contributed by atoms with Crippen molar-refractivity contribution >= 4 is 11.9 Å². The van der Waals surface area contributed by atoms with Crippen molar-refractivity contribution < 1.29 is 163 Å². The van der Waals surface area contributed by atoms with Crippen molar-refractivity contribution in [3.8, 4) is 0 Å². The van der Waals surface area contributed by atoms with Crippen molar-refractivity contribution in [3.05, 3.63) is 11.6 Å². The van der Waals surface area contributed by atoms with Crippen LogP contribution in [0, 0.1) is 50.2 Å². The maximum absolute atomic E-state index is 15.6. The van der Waals surface area contributed by atoms with Crippen molar-refractivity contribution in [1.82, 2.24) is 0 Å². The highest BCUT2D eigenvalue weighted by molar-refractivity contribution is 5.79. The Morgan fingerprint density at radius 2 is 1.16 bits per heavy atom. The van der Waals surface area contributed by atoms with Crippen LogP contribution >= 0.6 is 0 Å². The van der Waals surface area contributed by atoms with Gasteiger partial charge in [-0.05, 0) is 113 Å². The lowest BCUT2D eigenvalue weighted by atomic mass is 9.33. The third-order valence-electron chi connectivity index (χ3n) is 24.9. The predicted octanol–water partition coefficient (Wildman–Crippen LogP) is -5.70. The van der Waals surface area contributed by atoms with Crippen LogP contribution in [0.2, 0.25) is 0 Å². The number of carbonyl (C=O) groups is 2. The smallest absolute Gasteiger partial charge is 0.315 e. The molecule has 556 valence electrons. The molecular weight excluding hydrogens is 1300 g/mol. The Labute approximate surface area is 559 Å². The van der Waals surface area contributed by atoms with Crippen molar-refractivity contribution in [2.45, 2.75) is 290 Å².